The Morgan fingerprint density at radius 2 is 1.81 bits per heavy atom. The van der Waals surface area contributed by atoms with Crippen LogP contribution in [0.5, 0.6) is 5.75 Å². The zero-order chi connectivity index (χ0) is 21.2. The number of nitrogens with zero attached hydrogens (tertiary/aromatic N) is 4. The van der Waals surface area contributed by atoms with Crippen LogP contribution in [0.2, 0.25) is 0 Å². The molecule has 1 unspecified atom stereocenters. The van der Waals surface area contributed by atoms with Gasteiger partial charge in [-0.05, 0) is 23.3 Å². The van der Waals surface area contributed by atoms with Gasteiger partial charge in [-0.15, -0.1) is 11.3 Å². The molecule has 0 fully saturated rings. The molecule has 0 aliphatic carbocycles. The average molecular weight is 428 g/mol. The molecular formula is C24H21N5OS. The minimum atomic E-state index is -0.187. The van der Waals surface area contributed by atoms with Crippen LogP contribution < -0.4 is 10.1 Å². The van der Waals surface area contributed by atoms with Gasteiger partial charge in [-0.3, -0.25) is 0 Å². The summed E-state index contributed by atoms with van der Waals surface area (Å²) in [6.45, 7) is 0. The van der Waals surface area contributed by atoms with Crippen LogP contribution in [-0.2, 0) is 7.05 Å². The maximum atomic E-state index is 5.33. The van der Waals surface area contributed by atoms with Gasteiger partial charge in [-0.2, -0.15) is 0 Å². The number of benzene rings is 2. The van der Waals surface area contributed by atoms with E-state index in [1.807, 2.05) is 54.3 Å². The monoisotopic (exact) mass is 427 g/mol. The fraction of sp³-hybridized carbons (Fsp3) is 0.125. The molecule has 0 radical (unpaired) electrons. The summed E-state index contributed by atoms with van der Waals surface area (Å²) >= 11 is 1.62. The van der Waals surface area contributed by atoms with Crippen molar-refractivity contribution in [1.29, 1.82) is 0 Å². The summed E-state index contributed by atoms with van der Waals surface area (Å²) in [5.41, 5.74) is 3.33. The maximum Gasteiger partial charge on any atom is 0.139 e. The number of nitrogens with one attached hydrogen (secondary N) is 1. The highest BCUT2D eigenvalue weighted by atomic mass is 32.1. The number of ether oxygens (including phenoxy) is 1. The normalized spacial score (nSPS) is 12.1. The Kier molecular flexibility index (Phi) is 5.09. The van der Waals surface area contributed by atoms with Gasteiger partial charge in [0.05, 0.1) is 12.5 Å². The number of hydrogen-bond donors (Lipinski definition) is 1. The highest BCUT2D eigenvalue weighted by molar-refractivity contribution is 7.17. The van der Waals surface area contributed by atoms with Crippen molar-refractivity contribution in [3.8, 4) is 16.9 Å². The van der Waals surface area contributed by atoms with Gasteiger partial charge in [0.1, 0.15) is 34.6 Å². The Morgan fingerprint density at radius 3 is 2.52 bits per heavy atom. The van der Waals surface area contributed by atoms with Crippen LogP contribution in [0.4, 0.5) is 5.82 Å². The molecule has 31 heavy (non-hydrogen) atoms. The predicted octanol–water partition coefficient (Wildman–Crippen LogP) is 5.30. The topological polar surface area (TPSA) is 64.9 Å². The molecule has 1 N–H and O–H groups in total. The summed E-state index contributed by atoms with van der Waals surface area (Å²) in [4.78, 5) is 14.7. The molecular weight excluding hydrogens is 406 g/mol. The van der Waals surface area contributed by atoms with E-state index in [1.165, 1.54) is 0 Å². The molecule has 0 amide bonds. The van der Waals surface area contributed by atoms with Crippen molar-refractivity contribution in [2.24, 2.45) is 7.05 Å². The summed E-state index contributed by atoms with van der Waals surface area (Å²) in [6, 6.07) is 18.2. The lowest BCUT2D eigenvalue weighted by molar-refractivity contribution is 0.414. The van der Waals surface area contributed by atoms with Crippen molar-refractivity contribution in [2.75, 3.05) is 12.4 Å². The zero-order valence-corrected chi connectivity index (χ0v) is 18.0. The number of rotatable bonds is 6. The predicted molar refractivity (Wildman–Crippen MR) is 125 cm³/mol. The van der Waals surface area contributed by atoms with Crippen LogP contribution in [0.25, 0.3) is 21.3 Å². The molecule has 3 aromatic heterocycles. The quantitative estimate of drug-likeness (QED) is 0.398. The number of thiophene rings is 1. The third-order valence-corrected chi connectivity index (χ3v) is 6.19. The van der Waals surface area contributed by atoms with E-state index in [-0.39, 0.29) is 6.04 Å². The van der Waals surface area contributed by atoms with Gasteiger partial charge in [-0.25, -0.2) is 15.0 Å². The second kappa shape index (κ2) is 8.20. The molecule has 0 aliphatic rings. The second-order valence-corrected chi connectivity index (χ2v) is 8.02. The van der Waals surface area contributed by atoms with Crippen molar-refractivity contribution in [2.45, 2.75) is 6.04 Å². The molecule has 0 bridgehead atoms. The molecule has 5 rings (SSSR count). The third-order valence-electron chi connectivity index (χ3n) is 5.30. The Morgan fingerprint density at radius 1 is 1.00 bits per heavy atom. The smallest absolute Gasteiger partial charge is 0.139 e. The van der Waals surface area contributed by atoms with E-state index in [0.717, 1.165) is 44.3 Å². The Bertz CT molecular complexity index is 1310. The average Bonchev–Trinajstić information content (AvgIpc) is 3.45. The summed E-state index contributed by atoms with van der Waals surface area (Å²) < 4.78 is 7.35. The van der Waals surface area contributed by atoms with Crippen molar-refractivity contribution < 1.29 is 4.74 Å². The SMILES string of the molecule is COc1ccc(C(Nc2ncnc3scc(-c4ccccc4)c23)c2nccn2C)cc1. The largest absolute Gasteiger partial charge is 0.497 e. The van der Waals surface area contributed by atoms with Crippen molar-refractivity contribution in [1.82, 2.24) is 19.5 Å². The zero-order valence-electron chi connectivity index (χ0n) is 17.2. The summed E-state index contributed by atoms with van der Waals surface area (Å²) in [6.07, 6.45) is 5.37. The summed E-state index contributed by atoms with van der Waals surface area (Å²) in [5, 5.41) is 6.81. The molecule has 0 saturated heterocycles. The van der Waals surface area contributed by atoms with E-state index < -0.39 is 0 Å². The van der Waals surface area contributed by atoms with E-state index in [4.69, 9.17) is 4.74 Å². The molecule has 5 aromatic rings. The molecule has 154 valence electrons. The first-order valence-electron chi connectivity index (χ1n) is 9.90. The molecule has 0 spiro atoms. The first-order chi connectivity index (χ1) is 15.2. The van der Waals surface area contributed by atoms with E-state index in [9.17, 15) is 0 Å². The number of hydrogen-bond acceptors (Lipinski definition) is 6. The lowest BCUT2D eigenvalue weighted by Crippen LogP contribution is -2.17. The molecule has 6 nitrogen and oxygen atoms in total. The van der Waals surface area contributed by atoms with Gasteiger partial charge in [0.15, 0.2) is 0 Å². The third kappa shape index (κ3) is 3.64. The van der Waals surface area contributed by atoms with E-state index in [0.29, 0.717) is 0 Å². The lowest BCUT2D eigenvalue weighted by atomic mass is 10.0. The Balaban J connectivity index is 1.63. The molecule has 0 saturated carbocycles. The number of anilines is 1. The highest BCUT2D eigenvalue weighted by Gasteiger charge is 2.22. The van der Waals surface area contributed by atoms with Gasteiger partial charge in [0.25, 0.3) is 0 Å². The standard InChI is InChI=1S/C24H21N5OS/c1-29-13-12-25-23(29)21(17-8-10-18(30-2)11-9-17)28-22-20-19(16-6-4-3-5-7-16)14-31-24(20)27-15-26-22/h3-15,21H,1-2H3,(H,26,27,28). The number of methoxy groups -OCH3 is 1. The van der Waals surface area contributed by atoms with Crippen LogP contribution in [0.15, 0.2) is 78.7 Å². The van der Waals surface area contributed by atoms with Gasteiger partial charge in [0.2, 0.25) is 0 Å². The van der Waals surface area contributed by atoms with Crippen molar-refractivity contribution in [3.63, 3.8) is 0 Å². The molecule has 2 aromatic carbocycles. The van der Waals surface area contributed by atoms with Crippen LogP contribution in [0.3, 0.4) is 0 Å². The van der Waals surface area contributed by atoms with Crippen LogP contribution in [-0.4, -0.2) is 26.6 Å². The van der Waals surface area contributed by atoms with Crippen LogP contribution in [0.1, 0.15) is 17.4 Å². The van der Waals surface area contributed by atoms with Gasteiger partial charge < -0.3 is 14.6 Å². The first kappa shape index (κ1) is 19.3. The van der Waals surface area contributed by atoms with Gasteiger partial charge in [-0.1, -0.05) is 42.5 Å². The summed E-state index contributed by atoms with van der Waals surface area (Å²) in [5.74, 6) is 2.50. The molecule has 7 heteroatoms. The number of aromatic nitrogens is 4. The van der Waals surface area contributed by atoms with E-state index in [1.54, 1.807) is 24.8 Å². The number of aryl methyl sites for hydroxylation is 1. The fourth-order valence-corrected chi connectivity index (χ4v) is 4.62. The first-order valence-corrected chi connectivity index (χ1v) is 10.8. The minimum Gasteiger partial charge on any atom is -0.497 e. The van der Waals surface area contributed by atoms with Gasteiger partial charge in [0, 0.05) is 30.4 Å². The summed E-state index contributed by atoms with van der Waals surface area (Å²) in [7, 11) is 3.67. The highest BCUT2D eigenvalue weighted by Crippen LogP contribution is 2.38. The second-order valence-electron chi connectivity index (χ2n) is 7.16. The van der Waals surface area contributed by atoms with Crippen LogP contribution in [0, 0.1) is 0 Å². The van der Waals surface area contributed by atoms with Crippen LogP contribution >= 0.6 is 11.3 Å². The fourth-order valence-electron chi connectivity index (χ4n) is 3.70. The molecule has 1 atom stereocenters. The van der Waals surface area contributed by atoms with Crippen molar-refractivity contribution >= 4 is 27.4 Å². The maximum absolute atomic E-state index is 5.33. The Hall–Kier alpha value is -3.71. The van der Waals surface area contributed by atoms with E-state index in [2.05, 4.69) is 49.9 Å². The van der Waals surface area contributed by atoms with E-state index >= 15 is 0 Å². The molecule has 3 heterocycles. The number of imidazole rings is 1. The minimum absolute atomic E-state index is 0.187. The number of fused-ring (bicyclic) bond motifs is 1. The lowest BCUT2D eigenvalue weighted by Gasteiger charge is -2.20. The van der Waals surface area contributed by atoms with Gasteiger partial charge >= 0.3 is 0 Å². The Labute approximate surface area is 184 Å². The molecule has 0 aliphatic heterocycles. The van der Waals surface area contributed by atoms with Crippen molar-refractivity contribution in [3.05, 3.63) is 90.1 Å².